The lowest BCUT2D eigenvalue weighted by Crippen LogP contribution is -2.60. The molecule has 0 radical (unpaired) electrons. The fourth-order valence-electron chi connectivity index (χ4n) is 4.95. The summed E-state index contributed by atoms with van der Waals surface area (Å²) >= 11 is 0. The molecule has 6 atom stereocenters. The van der Waals surface area contributed by atoms with Crippen molar-refractivity contribution >= 4 is 41.5 Å². The largest absolute Gasteiger partial charge is 0.508 e. The first kappa shape index (κ1) is 38.5. The molecule has 260 valence electrons. The van der Waals surface area contributed by atoms with Crippen LogP contribution >= 0.6 is 0 Å². The molecule has 1 aliphatic rings. The van der Waals surface area contributed by atoms with Crippen LogP contribution in [0, 0.1) is 11.8 Å². The van der Waals surface area contributed by atoms with E-state index in [1.165, 1.54) is 24.0 Å². The molecule has 1 aromatic rings. The number of nitrogens with one attached hydrogen (secondary N) is 4. The van der Waals surface area contributed by atoms with Crippen LogP contribution in [-0.4, -0.2) is 104 Å². The number of benzene rings is 1. The van der Waals surface area contributed by atoms with E-state index in [1.807, 2.05) is 0 Å². The van der Waals surface area contributed by atoms with Crippen LogP contribution in [0.4, 0.5) is 0 Å². The van der Waals surface area contributed by atoms with Crippen LogP contribution in [0.5, 0.6) is 5.75 Å². The summed E-state index contributed by atoms with van der Waals surface area (Å²) in [6.45, 7) is 8.05. The van der Waals surface area contributed by atoms with E-state index in [1.54, 1.807) is 39.8 Å². The summed E-state index contributed by atoms with van der Waals surface area (Å²) in [5.74, 6) is -7.26. The molecule has 1 saturated heterocycles. The van der Waals surface area contributed by atoms with Crippen molar-refractivity contribution in [2.45, 2.75) is 96.6 Å². The van der Waals surface area contributed by atoms with E-state index < -0.39 is 90.1 Å². The topological polar surface area (TPSA) is 258 Å². The molecule has 0 spiro atoms. The van der Waals surface area contributed by atoms with Gasteiger partial charge in [-0.25, -0.2) is 0 Å². The lowest BCUT2D eigenvalue weighted by atomic mass is 10.0. The van der Waals surface area contributed by atoms with Crippen LogP contribution in [0.1, 0.15) is 59.4 Å². The van der Waals surface area contributed by atoms with Crippen molar-refractivity contribution in [1.29, 1.82) is 0 Å². The molecule has 1 fully saturated rings. The minimum atomic E-state index is -1.64. The molecule has 0 bridgehead atoms. The molecule has 0 aliphatic carbocycles. The summed E-state index contributed by atoms with van der Waals surface area (Å²) in [6.07, 6.45) is -0.233. The van der Waals surface area contributed by atoms with Crippen molar-refractivity contribution in [1.82, 2.24) is 26.2 Å². The van der Waals surface area contributed by atoms with Gasteiger partial charge in [-0.1, -0.05) is 39.8 Å². The zero-order valence-corrected chi connectivity index (χ0v) is 27.2. The van der Waals surface area contributed by atoms with Gasteiger partial charge in [0.2, 0.25) is 29.5 Å². The molecule has 0 saturated carbocycles. The van der Waals surface area contributed by atoms with Gasteiger partial charge < -0.3 is 47.2 Å². The van der Waals surface area contributed by atoms with Crippen molar-refractivity contribution in [2.24, 2.45) is 17.6 Å². The predicted molar refractivity (Wildman–Crippen MR) is 167 cm³/mol. The standard InChI is InChI=1S/C31H46N6O10/c1-15(2)24(32)28(43)35-21(13-18-8-10-19(38)11-9-18)30(45)37-12-6-7-22(37)27(42)34-20(14-23(39)40)26(41)36-25(16(3)4)29(44)33-17(5)31(46)47/h8-11,15-17,20-22,24-25,38H,6-7,12-14,32H2,1-5H3,(H,33,44)(H,34,42)(H,35,43)(H,36,41)(H,39,40)(H,46,47)/t17-,20-,21-,22-,24-,25-/m0/s1. The number of carboxylic acid groups (broad SMARTS) is 2. The molecule has 2 rings (SSSR count). The van der Waals surface area contributed by atoms with Crippen molar-refractivity contribution in [3.63, 3.8) is 0 Å². The van der Waals surface area contributed by atoms with Gasteiger partial charge in [-0.2, -0.15) is 0 Å². The van der Waals surface area contributed by atoms with E-state index in [9.17, 15) is 43.8 Å². The summed E-state index contributed by atoms with van der Waals surface area (Å²) in [5.41, 5.74) is 6.62. The van der Waals surface area contributed by atoms with Crippen LogP contribution in [-0.2, 0) is 40.0 Å². The highest BCUT2D eigenvalue weighted by Gasteiger charge is 2.40. The third-order valence-corrected chi connectivity index (χ3v) is 7.84. The summed E-state index contributed by atoms with van der Waals surface area (Å²) < 4.78 is 0. The average Bonchev–Trinajstić information content (AvgIpc) is 3.49. The van der Waals surface area contributed by atoms with Crippen LogP contribution in [0.25, 0.3) is 0 Å². The second-order valence-electron chi connectivity index (χ2n) is 12.3. The minimum Gasteiger partial charge on any atom is -0.508 e. The number of phenolic OH excluding ortho intramolecular Hbond substituents is 1. The predicted octanol–water partition coefficient (Wildman–Crippen LogP) is -0.917. The zero-order valence-electron chi connectivity index (χ0n) is 27.2. The lowest BCUT2D eigenvalue weighted by Gasteiger charge is -2.31. The second-order valence-corrected chi connectivity index (χ2v) is 12.3. The monoisotopic (exact) mass is 662 g/mol. The number of carboxylic acids is 2. The average molecular weight is 663 g/mol. The number of aliphatic carboxylic acids is 2. The number of nitrogens with zero attached hydrogens (tertiary/aromatic N) is 1. The third kappa shape index (κ3) is 11.2. The van der Waals surface area contributed by atoms with Crippen molar-refractivity contribution in [3.05, 3.63) is 29.8 Å². The maximum Gasteiger partial charge on any atom is 0.325 e. The van der Waals surface area contributed by atoms with Crippen LogP contribution in [0.15, 0.2) is 24.3 Å². The van der Waals surface area contributed by atoms with Crippen LogP contribution < -0.4 is 27.0 Å². The number of aromatic hydroxyl groups is 1. The molecule has 1 aromatic carbocycles. The van der Waals surface area contributed by atoms with E-state index in [0.29, 0.717) is 12.0 Å². The van der Waals surface area contributed by atoms with Gasteiger partial charge >= 0.3 is 11.9 Å². The Morgan fingerprint density at radius 2 is 1.45 bits per heavy atom. The first-order chi connectivity index (χ1) is 21.9. The Kier molecular flexibility index (Phi) is 14.1. The summed E-state index contributed by atoms with van der Waals surface area (Å²) in [7, 11) is 0. The Morgan fingerprint density at radius 3 is 1.98 bits per heavy atom. The number of carbonyl (C=O) groups excluding carboxylic acids is 5. The van der Waals surface area contributed by atoms with Gasteiger partial charge in [0, 0.05) is 13.0 Å². The number of rotatable bonds is 16. The Balaban J connectivity index is 2.28. The third-order valence-electron chi connectivity index (χ3n) is 7.84. The SMILES string of the molecule is CC(C)[C@H](N)C(=O)N[C@@H](Cc1ccc(O)cc1)C(=O)N1CCC[C@H]1C(=O)N[C@@H](CC(=O)O)C(=O)N[C@H](C(=O)N[C@@H](C)C(=O)O)C(C)C. The highest BCUT2D eigenvalue weighted by atomic mass is 16.4. The molecule has 0 aromatic heterocycles. The smallest absolute Gasteiger partial charge is 0.325 e. The molecule has 1 heterocycles. The summed E-state index contributed by atoms with van der Waals surface area (Å²) in [4.78, 5) is 90.3. The molecule has 16 nitrogen and oxygen atoms in total. The fourth-order valence-corrected chi connectivity index (χ4v) is 4.95. The number of hydrogen-bond acceptors (Lipinski definition) is 9. The van der Waals surface area contributed by atoms with E-state index in [-0.39, 0.29) is 31.1 Å². The van der Waals surface area contributed by atoms with E-state index in [2.05, 4.69) is 21.3 Å². The molecule has 47 heavy (non-hydrogen) atoms. The molecule has 5 amide bonds. The minimum absolute atomic E-state index is 0.00823. The Bertz CT molecular complexity index is 1320. The Labute approximate surface area is 272 Å². The van der Waals surface area contributed by atoms with Crippen molar-refractivity contribution < 1.29 is 48.9 Å². The maximum absolute atomic E-state index is 13.9. The fraction of sp³-hybridized carbons (Fsp3) is 0.581. The number of nitrogens with two attached hydrogens (primary N) is 1. The number of hydrogen-bond donors (Lipinski definition) is 8. The quantitative estimate of drug-likeness (QED) is 0.107. The van der Waals surface area contributed by atoms with E-state index in [0.717, 1.165) is 0 Å². The highest BCUT2D eigenvalue weighted by molar-refractivity contribution is 5.97. The van der Waals surface area contributed by atoms with Gasteiger partial charge in [-0.3, -0.25) is 33.6 Å². The number of carbonyl (C=O) groups is 7. The van der Waals surface area contributed by atoms with Crippen LogP contribution in [0.3, 0.4) is 0 Å². The molecule has 1 aliphatic heterocycles. The van der Waals surface area contributed by atoms with Gasteiger partial charge in [0.25, 0.3) is 0 Å². The Hall–Kier alpha value is -4.73. The molecule has 0 unspecified atom stereocenters. The molecule has 16 heteroatoms. The Morgan fingerprint density at radius 1 is 0.830 bits per heavy atom. The second kappa shape index (κ2) is 17.3. The van der Waals surface area contributed by atoms with Crippen molar-refractivity contribution in [2.75, 3.05) is 6.54 Å². The van der Waals surface area contributed by atoms with Gasteiger partial charge in [-0.15, -0.1) is 0 Å². The summed E-state index contributed by atoms with van der Waals surface area (Å²) in [6, 6.07) is -1.28. The number of phenols is 1. The van der Waals surface area contributed by atoms with Crippen LogP contribution in [0.2, 0.25) is 0 Å². The number of likely N-dealkylation sites (tertiary alicyclic amines) is 1. The van der Waals surface area contributed by atoms with Gasteiger partial charge in [0.1, 0.15) is 36.0 Å². The molecular weight excluding hydrogens is 616 g/mol. The number of amides is 5. The first-order valence-corrected chi connectivity index (χ1v) is 15.4. The van der Waals surface area contributed by atoms with E-state index >= 15 is 0 Å². The summed E-state index contributed by atoms with van der Waals surface area (Å²) in [5, 5.41) is 38.0. The normalized spacial score (nSPS) is 17.6. The molecule has 9 N–H and O–H groups in total. The maximum atomic E-state index is 13.9. The van der Waals surface area contributed by atoms with Gasteiger partial charge in [-0.05, 0) is 49.3 Å². The van der Waals surface area contributed by atoms with E-state index in [4.69, 9.17) is 10.8 Å². The van der Waals surface area contributed by atoms with Gasteiger partial charge in [0.15, 0.2) is 0 Å². The lowest BCUT2D eigenvalue weighted by molar-refractivity contribution is -0.144. The highest BCUT2D eigenvalue weighted by Crippen LogP contribution is 2.21. The van der Waals surface area contributed by atoms with Crippen molar-refractivity contribution in [3.8, 4) is 5.75 Å². The zero-order chi connectivity index (χ0) is 35.6. The molecular formula is C31H46N6O10. The first-order valence-electron chi connectivity index (χ1n) is 15.4. The van der Waals surface area contributed by atoms with Gasteiger partial charge in [0.05, 0.1) is 12.5 Å².